The van der Waals surface area contributed by atoms with E-state index in [2.05, 4.69) is 10.6 Å². The van der Waals surface area contributed by atoms with Gasteiger partial charge in [0.05, 0.1) is 6.10 Å². The van der Waals surface area contributed by atoms with E-state index in [1.54, 1.807) is 0 Å². The number of hydrogen-bond donors (Lipinski definition) is 2. The summed E-state index contributed by atoms with van der Waals surface area (Å²) in [5.41, 5.74) is 1.76. The Morgan fingerprint density at radius 2 is 1.95 bits per heavy atom. The molecule has 110 valence electrons. The molecule has 0 aliphatic heterocycles. The fourth-order valence-corrected chi connectivity index (χ4v) is 2.35. The molecule has 20 heavy (non-hydrogen) atoms. The summed E-state index contributed by atoms with van der Waals surface area (Å²) in [6.07, 6.45) is 2.53. The highest BCUT2D eigenvalue weighted by Gasteiger charge is 2.29. The third-order valence-electron chi connectivity index (χ3n) is 3.43. The molecule has 1 fully saturated rings. The number of hydrogen-bond acceptors (Lipinski definition) is 3. The summed E-state index contributed by atoms with van der Waals surface area (Å²) >= 11 is 0. The lowest BCUT2D eigenvalue weighted by molar-refractivity contribution is 0.00299. The molecule has 0 spiro atoms. The summed E-state index contributed by atoms with van der Waals surface area (Å²) in [6.45, 7) is 6.73. The fraction of sp³-hybridized carbons (Fsp3) is 0.562. The standard InChI is InChI=1S/C16H24N2O2/c1-4-20-15-9-14(10-15)18-13-7-5-12(6-8-13)16(19)17-11(2)3/h5-8,11,14-15,18H,4,9-10H2,1-3H3,(H,17,19). The van der Waals surface area contributed by atoms with Crippen LogP contribution in [0.4, 0.5) is 5.69 Å². The van der Waals surface area contributed by atoms with Crippen LogP contribution in [0.3, 0.4) is 0 Å². The van der Waals surface area contributed by atoms with Gasteiger partial charge >= 0.3 is 0 Å². The van der Waals surface area contributed by atoms with Crippen molar-refractivity contribution in [1.29, 1.82) is 0 Å². The maximum absolute atomic E-state index is 11.8. The number of anilines is 1. The average Bonchev–Trinajstić information content (AvgIpc) is 2.36. The summed E-state index contributed by atoms with van der Waals surface area (Å²) in [4.78, 5) is 11.8. The van der Waals surface area contributed by atoms with Gasteiger partial charge in [-0.25, -0.2) is 0 Å². The van der Waals surface area contributed by atoms with E-state index in [1.807, 2.05) is 45.0 Å². The van der Waals surface area contributed by atoms with Crippen molar-refractivity contribution >= 4 is 11.6 Å². The largest absolute Gasteiger partial charge is 0.382 e. The highest BCUT2D eigenvalue weighted by atomic mass is 16.5. The van der Waals surface area contributed by atoms with Crippen molar-refractivity contribution in [2.75, 3.05) is 11.9 Å². The van der Waals surface area contributed by atoms with E-state index in [0.717, 1.165) is 25.1 Å². The molecule has 0 heterocycles. The van der Waals surface area contributed by atoms with Crippen LogP contribution in [0.1, 0.15) is 44.0 Å². The zero-order valence-corrected chi connectivity index (χ0v) is 12.5. The predicted octanol–water partition coefficient (Wildman–Crippen LogP) is 2.80. The second kappa shape index (κ2) is 6.75. The SMILES string of the molecule is CCOC1CC(Nc2ccc(C(=O)NC(C)C)cc2)C1. The van der Waals surface area contributed by atoms with Crippen molar-refractivity contribution in [2.45, 2.75) is 51.8 Å². The third-order valence-corrected chi connectivity index (χ3v) is 3.43. The molecule has 1 saturated carbocycles. The Balaban J connectivity index is 1.82. The summed E-state index contributed by atoms with van der Waals surface area (Å²) in [7, 11) is 0. The van der Waals surface area contributed by atoms with Crippen LogP contribution < -0.4 is 10.6 Å². The minimum atomic E-state index is -0.0217. The maximum Gasteiger partial charge on any atom is 0.251 e. The number of amides is 1. The van der Waals surface area contributed by atoms with E-state index in [4.69, 9.17) is 4.74 Å². The highest BCUT2D eigenvalue weighted by molar-refractivity contribution is 5.94. The van der Waals surface area contributed by atoms with Crippen molar-refractivity contribution in [2.24, 2.45) is 0 Å². The number of nitrogens with one attached hydrogen (secondary N) is 2. The maximum atomic E-state index is 11.8. The first-order chi connectivity index (χ1) is 9.58. The molecule has 1 aromatic carbocycles. The first kappa shape index (κ1) is 14.9. The van der Waals surface area contributed by atoms with Gasteiger partial charge in [0.15, 0.2) is 0 Å². The van der Waals surface area contributed by atoms with E-state index in [1.165, 1.54) is 0 Å². The lowest BCUT2D eigenvalue weighted by atomic mass is 9.89. The van der Waals surface area contributed by atoms with Crippen LogP contribution in [0.15, 0.2) is 24.3 Å². The van der Waals surface area contributed by atoms with Gasteiger partial charge in [-0.05, 0) is 57.9 Å². The topological polar surface area (TPSA) is 50.4 Å². The molecule has 0 atom stereocenters. The summed E-state index contributed by atoms with van der Waals surface area (Å²) in [5.74, 6) is -0.0217. The molecule has 1 aliphatic carbocycles. The van der Waals surface area contributed by atoms with Gasteiger partial charge in [0.1, 0.15) is 0 Å². The van der Waals surface area contributed by atoms with Crippen molar-refractivity contribution in [1.82, 2.24) is 5.32 Å². The second-order valence-electron chi connectivity index (χ2n) is 5.60. The molecule has 1 aliphatic rings. The third kappa shape index (κ3) is 3.97. The van der Waals surface area contributed by atoms with Gasteiger partial charge in [-0.3, -0.25) is 4.79 Å². The van der Waals surface area contributed by atoms with E-state index < -0.39 is 0 Å². The second-order valence-corrected chi connectivity index (χ2v) is 5.60. The van der Waals surface area contributed by atoms with Crippen molar-refractivity contribution in [3.05, 3.63) is 29.8 Å². The van der Waals surface area contributed by atoms with Gasteiger partial charge in [-0.2, -0.15) is 0 Å². The number of ether oxygens (including phenoxy) is 1. The van der Waals surface area contributed by atoms with Crippen molar-refractivity contribution < 1.29 is 9.53 Å². The van der Waals surface area contributed by atoms with Gasteiger partial charge in [0.25, 0.3) is 5.91 Å². The van der Waals surface area contributed by atoms with Gasteiger partial charge in [0.2, 0.25) is 0 Å². The molecule has 2 rings (SSSR count). The van der Waals surface area contributed by atoms with E-state index >= 15 is 0 Å². The minimum Gasteiger partial charge on any atom is -0.382 e. The van der Waals surface area contributed by atoms with Crippen LogP contribution in [0.25, 0.3) is 0 Å². The van der Waals surface area contributed by atoms with Gasteiger partial charge in [-0.15, -0.1) is 0 Å². The monoisotopic (exact) mass is 276 g/mol. The number of rotatable bonds is 6. The molecule has 2 N–H and O–H groups in total. The first-order valence-corrected chi connectivity index (χ1v) is 7.37. The van der Waals surface area contributed by atoms with Gasteiger partial charge in [-0.1, -0.05) is 0 Å². The molecular weight excluding hydrogens is 252 g/mol. The Morgan fingerprint density at radius 3 is 2.50 bits per heavy atom. The Bertz CT molecular complexity index is 436. The summed E-state index contributed by atoms with van der Waals surface area (Å²) in [5, 5.41) is 6.35. The zero-order chi connectivity index (χ0) is 14.5. The number of carbonyl (C=O) groups is 1. The molecule has 4 nitrogen and oxygen atoms in total. The molecule has 0 bridgehead atoms. The smallest absolute Gasteiger partial charge is 0.251 e. The average molecular weight is 276 g/mol. The Labute approximate surface area is 120 Å². The normalized spacial score (nSPS) is 21.4. The van der Waals surface area contributed by atoms with Crippen LogP contribution in [0, 0.1) is 0 Å². The minimum absolute atomic E-state index is 0.0217. The van der Waals surface area contributed by atoms with E-state index in [0.29, 0.717) is 17.7 Å². The van der Waals surface area contributed by atoms with E-state index in [-0.39, 0.29) is 11.9 Å². The Hall–Kier alpha value is -1.55. The molecule has 1 amide bonds. The molecular formula is C16H24N2O2. The van der Waals surface area contributed by atoms with Gasteiger partial charge in [0, 0.05) is 29.9 Å². The first-order valence-electron chi connectivity index (χ1n) is 7.37. The summed E-state index contributed by atoms with van der Waals surface area (Å²) in [6, 6.07) is 8.29. The molecule has 0 radical (unpaired) electrons. The fourth-order valence-electron chi connectivity index (χ4n) is 2.35. The van der Waals surface area contributed by atoms with Crippen molar-refractivity contribution in [3.8, 4) is 0 Å². The Morgan fingerprint density at radius 1 is 1.30 bits per heavy atom. The molecule has 1 aromatic rings. The number of carbonyl (C=O) groups excluding carboxylic acids is 1. The molecule has 0 unspecified atom stereocenters. The van der Waals surface area contributed by atoms with Crippen LogP contribution in [0.2, 0.25) is 0 Å². The van der Waals surface area contributed by atoms with Crippen LogP contribution in [0.5, 0.6) is 0 Å². The van der Waals surface area contributed by atoms with E-state index in [9.17, 15) is 4.79 Å². The van der Waals surface area contributed by atoms with Crippen LogP contribution >= 0.6 is 0 Å². The van der Waals surface area contributed by atoms with Gasteiger partial charge < -0.3 is 15.4 Å². The lowest BCUT2D eigenvalue weighted by Gasteiger charge is -2.36. The number of benzene rings is 1. The predicted molar refractivity (Wildman–Crippen MR) is 81.1 cm³/mol. The zero-order valence-electron chi connectivity index (χ0n) is 12.5. The van der Waals surface area contributed by atoms with Crippen molar-refractivity contribution in [3.63, 3.8) is 0 Å². The quantitative estimate of drug-likeness (QED) is 0.840. The highest BCUT2D eigenvalue weighted by Crippen LogP contribution is 2.26. The summed E-state index contributed by atoms with van der Waals surface area (Å²) < 4.78 is 5.54. The lowest BCUT2D eigenvalue weighted by Crippen LogP contribution is -2.40. The van der Waals surface area contributed by atoms with Crippen LogP contribution in [-0.2, 0) is 4.74 Å². The van der Waals surface area contributed by atoms with Crippen LogP contribution in [-0.4, -0.2) is 30.7 Å². The molecule has 0 aromatic heterocycles. The molecule has 4 heteroatoms. The Kier molecular flexibility index (Phi) is 5.01. The molecule has 0 saturated heterocycles.